The first-order valence-electron chi connectivity index (χ1n) is 4.49. The lowest BCUT2D eigenvalue weighted by Crippen LogP contribution is -1.92. The monoisotopic (exact) mass is 190 g/mol. The number of carboxylic acid groups (broad SMARTS) is 1. The van der Waals surface area contributed by atoms with Crippen molar-refractivity contribution in [3.8, 4) is 0 Å². The van der Waals surface area contributed by atoms with E-state index >= 15 is 0 Å². The zero-order valence-electron chi connectivity index (χ0n) is 8.66. The Balaban J connectivity index is 3.14. The molecule has 0 spiro atoms. The van der Waals surface area contributed by atoms with Gasteiger partial charge in [-0.2, -0.15) is 0 Å². The third-order valence-electron chi connectivity index (χ3n) is 2.15. The van der Waals surface area contributed by atoms with E-state index in [-0.39, 0.29) is 0 Å². The minimum atomic E-state index is -0.900. The van der Waals surface area contributed by atoms with Gasteiger partial charge in [-0.15, -0.1) is 0 Å². The van der Waals surface area contributed by atoms with Gasteiger partial charge in [0.25, 0.3) is 0 Å². The lowest BCUT2D eigenvalue weighted by atomic mass is 10.00. The van der Waals surface area contributed by atoms with Crippen LogP contribution in [0.25, 0.3) is 5.57 Å². The van der Waals surface area contributed by atoms with E-state index < -0.39 is 5.97 Å². The molecule has 2 nitrogen and oxygen atoms in total. The molecule has 0 aromatic heterocycles. The molecule has 0 bridgehead atoms. The molecule has 2 heteroatoms. The molecular formula is C12H14O2. The van der Waals surface area contributed by atoms with Crippen LogP contribution < -0.4 is 0 Å². The third-order valence-corrected chi connectivity index (χ3v) is 2.15. The van der Waals surface area contributed by atoms with Crippen molar-refractivity contribution in [1.29, 1.82) is 0 Å². The number of rotatable bonds is 2. The van der Waals surface area contributed by atoms with Crippen LogP contribution in [0.1, 0.15) is 23.6 Å². The third kappa shape index (κ3) is 2.46. The Bertz CT molecular complexity index is 389. The van der Waals surface area contributed by atoms with E-state index in [0.717, 1.165) is 16.7 Å². The summed E-state index contributed by atoms with van der Waals surface area (Å²) in [7, 11) is 0. The van der Waals surface area contributed by atoms with Gasteiger partial charge >= 0.3 is 5.97 Å². The zero-order chi connectivity index (χ0) is 10.7. The SMILES string of the molecule is CC(=CC(=O)O)c1ccc(C)cc1C. The average molecular weight is 190 g/mol. The van der Waals surface area contributed by atoms with Gasteiger partial charge in [-0.3, -0.25) is 0 Å². The highest BCUT2D eigenvalue weighted by Crippen LogP contribution is 2.19. The minimum Gasteiger partial charge on any atom is -0.478 e. The van der Waals surface area contributed by atoms with Crippen LogP contribution >= 0.6 is 0 Å². The second kappa shape index (κ2) is 4.09. The number of carbonyl (C=O) groups is 1. The Kier molecular flexibility index (Phi) is 3.07. The van der Waals surface area contributed by atoms with Gasteiger partial charge in [-0.05, 0) is 37.5 Å². The van der Waals surface area contributed by atoms with Gasteiger partial charge in [0, 0.05) is 6.08 Å². The normalized spacial score (nSPS) is 11.5. The van der Waals surface area contributed by atoms with Crippen molar-refractivity contribution in [3.63, 3.8) is 0 Å². The Labute approximate surface area is 83.9 Å². The number of hydrogen-bond acceptors (Lipinski definition) is 1. The molecule has 0 heterocycles. The Morgan fingerprint density at radius 2 is 2.00 bits per heavy atom. The van der Waals surface area contributed by atoms with Crippen molar-refractivity contribution in [2.24, 2.45) is 0 Å². The van der Waals surface area contributed by atoms with Gasteiger partial charge in [0.1, 0.15) is 0 Å². The van der Waals surface area contributed by atoms with Gasteiger partial charge in [0.05, 0.1) is 0 Å². The van der Waals surface area contributed by atoms with Gasteiger partial charge < -0.3 is 5.11 Å². The number of aliphatic carboxylic acids is 1. The molecule has 1 aromatic rings. The van der Waals surface area contributed by atoms with Crippen LogP contribution in [0.15, 0.2) is 24.3 Å². The van der Waals surface area contributed by atoms with Crippen molar-refractivity contribution in [3.05, 3.63) is 41.0 Å². The fraction of sp³-hybridized carbons (Fsp3) is 0.250. The van der Waals surface area contributed by atoms with Crippen LogP contribution in [0.2, 0.25) is 0 Å². The largest absolute Gasteiger partial charge is 0.478 e. The van der Waals surface area contributed by atoms with E-state index in [2.05, 4.69) is 6.07 Å². The molecule has 0 fully saturated rings. The van der Waals surface area contributed by atoms with Crippen molar-refractivity contribution >= 4 is 11.5 Å². The lowest BCUT2D eigenvalue weighted by Gasteiger charge is -2.06. The maximum Gasteiger partial charge on any atom is 0.328 e. The average Bonchev–Trinajstić information content (AvgIpc) is 2.01. The van der Waals surface area contributed by atoms with Crippen molar-refractivity contribution in [2.75, 3.05) is 0 Å². The Morgan fingerprint density at radius 1 is 1.36 bits per heavy atom. The summed E-state index contributed by atoms with van der Waals surface area (Å²) in [4.78, 5) is 10.5. The fourth-order valence-electron chi connectivity index (χ4n) is 1.52. The van der Waals surface area contributed by atoms with Crippen LogP contribution in [0.4, 0.5) is 0 Å². The molecular weight excluding hydrogens is 176 g/mol. The topological polar surface area (TPSA) is 37.3 Å². The molecule has 0 radical (unpaired) electrons. The van der Waals surface area contributed by atoms with Gasteiger partial charge in [0.2, 0.25) is 0 Å². The second-order valence-electron chi connectivity index (χ2n) is 3.48. The van der Waals surface area contributed by atoms with E-state index in [4.69, 9.17) is 5.11 Å². The van der Waals surface area contributed by atoms with Crippen LogP contribution in [-0.4, -0.2) is 11.1 Å². The van der Waals surface area contributed by atoms with Crippen LogP contribution in [-0.2, 0) is 4.79 Å². The number of hydrogen-bond donors (Lipinski definition) is 1. The molecule has 0 unspecified atom stereocenters. The van der Waals surface area contributed by atoms with Gasteiger partial charge in [-0.25, -0.2) is 4.79 Å². The highest BCUT2D eigenvalue weighted by molar-refractivity contribution is 5.89. The van der Waals surface area contributed by atoms with E-state index in [1.54, 1.807) is 0 Å². The maximum absolute atomic E-state index is 10.5. The maximum atomic E-state index is 10.5. The summed E-state index contributed by atoms with van der Waals surface area (Å²) in [5.41, 5.74) is 4.09. The Morgan fingerprint density at radius 3 is 2.50 bits per heavy atom. The molecule has 0 aliphatic carbocycles. The van der Waals surface area contributed by atoms with E-state index in [9.17, 15) is 4.79 Å². The van der Waals surface area contributed by atoms with Crippen molar-refractivity contribution < 1.29 is 9.90 Å². The lowest BCUT2D eigenvalue weighted by molar-refractivity contribution is -0.131. The molecule has 14 heavy (non-hydrogen) atoms. The summed E-state index contributed by atoms with van der Waals surface area (Å²) in [5.74, 6) is -0.900. The molecule has 0 aliphatic rings. The number of carboxylic acids is 1. The number of benzene rings is 1. The summed E-state index contributed by atoms with van der Waals surface area (Å²) in [6, 6.07) is 6.00. The standard InChI is InChI=1S/C12H14O2/c1-8-4-5-11(9(2)6-8)10(3)7-12(13)14/h4-7H,1-3H3,(H,13,14). The van der Waals surface area contributed by atoms with Crippen LogP contribution in [0.5, 0.6) is 0 Å². The summed E-state index contributed by atoms with van der Waals surface area (Å²) >= 11 is 0. The van der Waals surface area contributed by atoms with Crippen molar-refractivity contribution in [2.45, 2.75) is 20.8 Å². The fourth-order valence-corrected chi connectivity index (χ4v) is 1.52. The number of allylic oxidation sites excluding steroid dienone is 1. The highest BCUT2D eigenvalue weighted by Gasteiger charge is 2.02. The van der Waals surface area contributed by atoms with Gasteiger partial charge in [-0.1, -0.05) is 23.8 Å². The first-order chi connectivity index (χ1) is 6.50. The zero-order valence-corrected chi connectivity index (χ0v) is 8.66. The Hall–Kier alpha value is -1.57. The molecule has 74 valence electrons. The summed E-state index contributed by atoms with van der Waals surface area (Å²) < 4.78 is 0. The van der Waals surface area contributed by atoms with E-state index in [1.165, 1.54) is 11.6 Å². The predicted molar refractivity (Wildman–Crippen MR) is 57.2 cm³/mol. The minimum absolute atomic E-state index is 0.787. The summed E-state index contributed by atoms with van der Waals surface area (Å²) in [6.07, 6.45) is 1.23. The first kappa shape index (κ1) is 10.5. The molecule has 1 rings (SSSR count). The smallest absolute Gasteiger partial charge is 0.328 e. The molecule has 0 amide bonds. The summed E-state index contributed by atoms with van der Waals surface area (Å²) in [6.45, 7) is 5.82. The molecule has 1 aromatic carbocycles. The molecule has 1 N–H and O–H groups in total. The predicted octanol–water partition coefficient (Wildman–Crippen LogP) is 2.79. The van der Waals surface area contributed by atoms with Crippen LogP contribution in [0, 0.1) is 13.8 Å². The first-order valence-corrected chi connectivity index (χ1v) is 4.49. The molecule has 0 saturated heterocycles. The van der Waals surface area contributed by atoms with E-state index in [0.29, 0.717) is 0 Å². The quantitative estimate of drug-likeness (QED) is 0.728. The number of aryl methyl sites for hydroxylation is 2. The molecule has 0 aliphatic heterocycles. The van der Waals surface area contributed by atoms with E-state index in [1.807, 2.05) is 32.9 Å². The summed E-state index contributed by atoms with van der Waals surface area (Å²) in [5, 5.41) is 8.61. The molecule has 0 saturated carbocycles. The van der Waals surface area contributed by atoms with Gasteiger partial charge in [0.15, 0.2) is 0 Å². The molecule has 0 atom stereocenters. The van der Waals surface area contributed by atoms with Crippen LogP contribution in [0.3, 0.4) is 0 Å². The van der Waals surface area contributed by atoms with Crippen molar-refractivity contribution in [1.82, 2.24) is 0 Å². The second-order valence-corrected chi connectivity index (χ2v) is 3.48. The highest BCUT2D eigenvalue weighted by atomic mass is 16.4.